The third-order valence-corrected chi connectivity index (χ3v) is 5.07. The van der Waals surface area contributed by atoms with Gasteiger partial charge in [-0.3, -0.25) is 4.99 Å². The first-order chi connectivity index (χ1) is 10.7. The van der Waals surface area contributed by atoms with Crippen molar-refractivity contribution in [1.82, 2.24) is 10.2 Å². The highest BCUT2D eigenvalue weighted by atomic mass is 127. The Labute approximate surface area is 158 Å². The molecule has 0 aromatic rings. The average Bonchev–Trinajstić information content (AvgIpc) is 3.30. The van der Waals surface area contributed by atoms with Gasteiger partial charge < -0.3 is 19.7 Å². The van der Waals surface area contributed by atoms with E-state index in [1.807, 2.05) is 7.05 Å². The molecule has 0 bridgehead atoms. The van der Waals surface area contributed by atoms with E-state index in [9.17, 15) is 0 Å². The molecular formula is C17H34IN3O2. The van der Waals surface area contributed by atoms with E-state index in [-0.39, 0.29) is 24.0 Å². The van der Waals surface area contributed by atoms with Crippen molar-refractivity contribution in [1.29, 1.82) is 0 Å². The molecule has 1 N–H and O–H groups in total. The summed E-state index contributed by atoms with van der Waals surface area (Å²) in [6.07, 6.45) is 7.78. The Morgan fingerprint density at radius 2 is 2.04 bits per heavy atom. The second kappa shape index (κ2) is 10.7. The van der Waals surface area contributed by atoms with Gasteiger partial charge in [0.2, 0.25) is 0 Å². The number of rotatable bonds is 10. The van der Waals surface area contributed by atoms with Crippen molar-refractivity contribution in [2.75, 3.05) is 54.1 Å². The minimum atomic E-state index is 0. The van der Waals surface area contributed by atoms with E-state index in [1.165, 1.54) is 32.1 Å². The van der Waals surface area contributed by atoms with Crippen molar-refractivity contribution in [3.63, 3.8) is 0 Å². The number of aliphatic imine (C=N–C) groups is 1. The number of likely N-dealkylation sites (N-methyl/N-ethyl adjacent to an activating group) is 1. The zero-order chi connectivity index (χ0) is 15.8. The van der Waals surface area contributed by atoms with Gasteiger partial charge in [0.25, 0.3) is 0 Å². The van der Waals surface area contributed by atoms with Crippen LogP contribution in [0.1, 0.15) is 38.5 Å². The van der Waals surface area contributed by atoms with Gasteiger partial charge in [-0.1, -0.05) is 6.42 Å². The SMILES string of the molecule is CN=C(NCC1(CCOC)CCC1)N(C)CCOCC1CC1.I. The molecule has 136 valence electrons. The van der Waals surface area contributed by atoms with E-state index in [4.69, 9.17) is 9.47 Å². The Bertz CT molecular complexity index is 358. The van der Waals surface area contributed by atoms with Crippen LogP contribution in [0.4, 0.5) is 0 Å². The summed E-state index contributed by atoms with van der Waals surface area (Å²) >= 11 is 0. The van der Waals surface area contributed by atoms with Gasteiger partial charge in [-0.25, -0.2) is 0 Å². The number of ether oxygens (including phenoxy) is 2. The molecule has 2 saturated carbocycles. The summed E-state index contributed by atoms with van der Waals surface area (Å²) in [5.41, 5.74) is 0.412. The molecule has 0 saturated heterocycles. The number of halogens is 1. The molecule has 0 heterocycles. The summed E-state index contributed by atoms with van der Waals surface area (Å²) < 4.78 is 11.0. The zero-order valence-electron chi connectivity index (χ0n) is 15.0. The van der Waals surface area contributed by atoms with Crippen LogP contribution < -0.4 is 5.32 Å². The van der Waals surface area contributed by atoms with Gasteiger partial charge >= 0.3 is 0 Å². The number of hydrogen-bond acceptors (Lipinski definition) is 3. The lowest BCUT2D eigenvalue weighted by molar-refractivity contribution is 0.0723. The van der Waals surface area contributed by atoms with Crippen LogP contribution in [0.15, 0.2) is 4.99 Å². The smallest absolute Gasteiger partial charge is 0.193 e. The van der Waals surface area contributed by atoms with Gasteiger partial charge in [-0.15, -0.1) is 24.0 Å². The largest absolute Gasteiger partial charge is 0.385 e. The molecule has 2 aliphatic carbocycles. The van der Waals surface area contributed by atoms with E-state index in [2.05, 4.69) is 22.3 Å². The predicted octanol–water partition coefficient (Wildman–Crippen LogP) is 2.75. The number of nitrogens with one attached hydrogen (secondary N) is 1. The molecule has 0 aromatic carbocycles. The van der Waals surface area contributed by atoms with Gasteiger partial charge in [-0.05, 0) is 43.4 Å². The van der Waals surface area contributed by atoms with Crippen molar-refractivity contribution in [2.45, 2.75) is 38.5 Å². The predicted molar refractivity (Wildman–Crippen MR) is 106 cm³/mol. The standard InChI is InChI=1S/C17H33N3O2.HI/c1-18-16(20(2)10-12-22-13-15-5-6-15)19-14-17(7-4-8-17)9-11-21-3;/h15H,4-14H2,1-3H3,(H,18,19);1H. The van der Waals surface area contributed by atoms with Crippen LogP contribution in [-0.4, -0.2) is 65.0 Å². The third-order valence-electron chi connectivity index (χ3n) is 5.07. The van der Waals surface area contributed by atoms with Crippen molar-refractivity contribution in [2.24, 2.45) is 16.3 Å². The highest BCUT2D eigenvalue weighted by Gasteiger charge is 2.36. The molecule has 0 aromatic heterocycles. The topological polar surface area (TPSA) is 46.1 Å². The molecule has 2 aliphatic rings. The quantitative estimate of drug-likeness (QED) is 0.246. The summed E-state index contributed by atoms with van der Waals surface area (Å²) in [4.78, 5) is 6.56. The van der Waals surface area contributed by atoms with Gasteiger partial charge in [0.15, 0.2) is 5.96 Å². The monoisotopic (exact) mass is 439 g/mol. The van der Waals surface area contributed by atoms with Gasteiger partial charge in [0.05, 0.1) is 6.61 Å². The van der Waals surface area contributed by atoms with Crippen LogP contribution in [0.2, 0.25) is 0 Å². The number of hydrogen-bond donors (Lipinski definition) is 1. The minimum absolute atomic E-state index is 0. The van der Waals surface area contributed by atoms with Crippen LogP contribution >= 0.6 is 24.0 Å². The summed E-state index contributed by atoms with van der Waals surface area (Å²) in [5.74, 6) is 1.81. The maximum atomic E-state index is 5.71. The van der Waals surface area contributed by atoms with Crippen molar-refractivity contribution >= 4 is 29.9 Å². The first-order valence-electron chi connectivity index (χ1n) is 8.67. The fourth-order valence-corrected chi connectivity index (χ4v) is 3.00. The van der Waals surface area contributed by atoms with Crippen LogP contribution in [-0.2, 0) is 9.47 Å². The Morgan fingerprint density at radius 3 is 2.57 bits per heavy atom. The average molecular weight is 439 g/mol. The number of methoxy groups -OCH3 is 1. The first kappa shape index (κ1) is 21.0. The number of nitrogens with zero attached hydrogens (tertiary/aromatic N) is 2. The molecule has 0 aliphatic heterocycles. The maximum Gasteiger partial charge on any atom is 0.193 e. The Balaban J connectivity index is 0.00000264. The van der Waals surface area contributed by atoms with Crippen LogP contribution in [0.5, 0.6) is 0 Å². The lowest BCUT2D eigenvalue weighted by atomic mass is 9.67. The molecule has 0 atom stereocenters. The molecular weight excluding hydrogens is 405 g/mol. The Kier molecular flexibility index (Phi) is 9.77. The Hall–Kier alpha value is -0.0800. The fraction of sp³-hybridized carbons (Fsp3) is 0.941. The zero-order valence-corrected chi connectivity index (χ0v) is 17.3. The second-order valence-electron chi connectivity index (χ2n) is 6.94. The lowest BCUT2D eigenvalue weighted by Crippen LogP contribution is -2.48. The molecule has 0 amide bonds. The van der Waals surface area contributed by atoms with Crippen LogP contribution in [0, 0.1) is 11.3 Å². The van der Waals surface area contributed by atoms with E-state index in [1.54, 1.807) is 7.11 Å². The lowest BCUT2D eigenvalue weighted by Gasteiger charge is -2.42. The first-order valence-corrected chi connectivity index (χ1v) is 8.67. The highest BCUT2D eigenvalue weighted by molar-refractivity contribution is 14.0. The molecule has 0 spiro atoms. The summed E-state index contributed by atoms with van der Waals surface area (Å²) in [6.45, 7) is 4.45. The summed E-state index contributed by atoms with van der Waals surface area (Å²) in [7, 11) is 5.72. The van der Waals surface area contributed by atoms with Crippen molar-refractivity contribution < 1.29 is 9.47 Å². The second-order valence-corrected chi connectivity index (χ2v) is 6.94. The fourth-order valence-electron chi connectivity index (χ4n) is 3.00. The maximum absolute atomic E-state index is 5.71. The molecule has 5 nitrogen and oxygen atoms in total. The molecule has 0 unspecified atom stereocenters. The normalized spacial score (nSPS) is 19.7. The van der Waals surface area contributed by atoms with Gasteiger partial charge in [0, 0.05) is 47.5 Å². The molecule has 23 heavy (non-hydrogen) atoms. The highest BCUT2D eigenvalue weighted by Crippen LogP contribution is 2.43. The molecule has 2 fully saturated rings. The van der Waals surface area contributed by atoms with E-state index in [0.717, 1.165) is 51.2 Å². The third kappa shape index (κ3) is 7.13. The molecule has 0 radical (unpaired) electrons. The van der Waals surface area contributed by atoms with Crippen molar-refractivity contribution in [3.8, 4) is 0 Å². The summed E-state index contributed by atoms with van der Waals surface area (Å²) in [5, 5.41) is 3.55. The van der Waals surface area contributed by atoms with E-state index in [0.29, 0.717) is 5.41 Å². The van der Waals surface area contributed by atoms with Gasteiger partial charge in [-0.2, -0.15) is 0 Å². The van der Waals surface area contributed by atoms with E-state index >= 15 is 0 Å². The Morgan fingerprint density at radius 1 is 1.30 bits per heavy atom. The summed E-state index contributed by atoms with van der Waals surface area (Å²) in [6, 6.07) is 0. The molecule has 6 heteroatoms. The van der Waals surface area contributed by atoms with Crippen molar-refractivity contribution in [3.05, 3.63) is 0 Å². The van der Waals surface area contributed by atoms with Crippen LogP contribution in [0.3, 0.4) is 0 Å². The van der Waals surface area contributed by atoms with Gasteiger partial charge in [0.1, 0.15) is 0 Å². The van der Waals surface area contributed by atoms with Crippen LogP contribution in [0.25, 0.3) is 0 Å². The molecule has 2 rings (SSSR count). The minimum Gasteiger partial charge on any atom is -0.385 e. The van der Waals surface area contributed by atoms with E-state index < -0.39 is 0 Å². The number of guanidine groups is 1.